The minimum Gasteiger partial charge on any atom is -0.325 e. The van der Waals surface area contributed by atoms with Crippen molar-refractivity contribution in [3.63, 3.8) is 0 Å². The quantitative estimate of drug-likeness (QED) is 0.448. The molecule has 1 aromatic heterocycles. The topological polar surface area (TPSA) is 88.2 Å². The van der Waals surface area contributed by atoms with Crippen molar-refractivity contribution in [2.45, 2.75) is 17.4 Å². The lowest BCUT2D eigenvalue weighted by Crippen LogP contribution is -2.45. The summed E-state index contributed by atoms with van der Waals surface area (Å²) in [6.07, 6.45) is 1.62. The van der Waals surface area contributed by atoms with Gasteiger partial charge in [0.2, 0.25) is 15.9 Å². The number of aromatic nitrogens is 1. The molecule has 0 bridgehead atoms. The Bertz CT molecular complexity index is 1360. The maximum absolute atomic E-state index is 13.5. The molecule has 0 unspecified atom stereocenters. The lowest BCUT2D eigenvalue weighted by atomic mass is 10.1. The zero-order chi connectivity index (χ0) is 22.6. The zero-order valence-corrected chi connectivity index (χ0v) is 17.7. The van der Waals surface area contributed by atoms with Gasteiger partial charge in [-0.3, -0.25) is 9.78 Å². The second kappa shape index (κ2) is 9.25. The van der Waals surface area contributed by atoms with Crippen LogP contribution >= 0.6 is 0 Å². The number of hydrogen-bond acceptors (Lipinski definition) is 4. The standard InChI is InChI=1S/C24H20FN3O3S/c25-19-11-5-12-20(16-19)27-24(29)21(15-17-7-2-1-3-8-17)28-32(30,31)22-13-4-9-18-10-6-14-26-23(18)22/h1-14,16,21,28H,15H2,(H,27,29)/t21-/m0/s1. The Morgan fingerprint density at radius 3 is 2.47 bits per heavy atom. The van der Waals surface area contributed by atoms with Crippen LogP contribution in [0.25, 0.3) is 10.9 Å². The van der Waals surface area contributed by atoms with Gasteiger partial charge in [0.05, 0.1) is 5.52 Å². The van der Waals surface area contributed by atoms with E-state index in [1.165, 1.54) is 36.5 Å². The maximum Gasteiger partial charge on any atom is 0.243 e. The van der Waals surface area contributed by atoms with Gasteiger partial charge in [-0.25, -0.2) is 12.8 Å². The van der Waals surface area contributed by atoms with Gasteiger partial charge in [-0.05, 0) is 42.3 Å². The Hall–Kier alpha value is -3.62. The van der Waals surface area contributed by atoms with Gasteiger partial charge in [-0.15, -0.1) is 0 Å². The molecule has 6 nitrogen and oxygen atoms in total. The number of carbonyl (C=O) groups is 1. The molecule has 0 aliphatic carbocycles. The van der Waals surface area contributed by atoms with Crippen molar-refractivity contribution in [3.8, 4) is 0 Å². The van der Waals surface area contributed by atoms with Crippen LogP contribution in [0.1, 0.15) is 5.56 Å². The molecule has 8 heteroatoms. The molecule has 4 rings (SSSR count). The Kier molecular flexibility index (Phi) is 6.25. The van der Waals surface area contributed by atoms with Crippen LogP contribution in [0, 0.1) is 5.82 Å². The summed E-state index contributed by atoms with van der Waals surface area (Å²) in [4.78, 5) is 17.2. The molecule has 0 fully saturated rings. The van der Waals surface area contributed by atoms with E-state index in [1.807, 2.05) is 6.07 Å². The van der Waals surface area contributed by atoms with Crippen LogP contribution in [-0.4, -0.2) is 25.4 Å². The molecule has 1 amide bonds. The Balaban J connectivity index is 1.66. The SMILES string of the molecule is O=C(Nc1cccc(F)c1)[C@H](Cc1ccccc1)NS(=O)(=O)c1cccc2cccnc12. The summed E-state index contributed by atoms with van der Waals surface area (Å²) >= 11 is 0. The molecule has 1 heterocycles. The van der Waals surface area contributed by atoms with Gasteiger partial charge in [-0.1, -0.05) is 54.6 Å². The van der Waals surface area contributed by atoms with Crippen molar-refractivity contribution in [2.24, 2.45) is 0 Å². The zero-order valence-electron chi connectivity index (χ0n) is 16.9. The van der Waals surface area contributed by atoms with Gasteiger partial charge in [0.1, 0.15) is 16.8 Å². The molecule has 0 spiro atoms. The molecule has 162 valence electrons. The van der Waals surface area contributed by atoms with E-state index >= 15 is 0 Å². The molecular weight excluding hydrogens is 429 g/mol. The number of halogens is 1. The third-order valence-electron chi connectivity index (χ3n) is 4.87. The van der Waals surface area contributed by atoms with Crippen LogP contribution in [0.3, 0.4) is 0 Å². The molecule has 32 heavy (non-hydrogen) atoms. The van der Waals surface area contributed by atoms with E-state index in [9.17, 15) is 17.6 Å². The van der Waals surface area contributed by atoms with E-state index in [1.54, 1.807) is 48.5 Å². The van der Waals surface area contributed by atoms with Gasteiger partial charge in [-0.2, -0.15) is 4.72 Å². The van der Waals surface area contributed by atoms with Crippen molar-refractivity contribution in [3.05, 3.63) is 103 Å². The number of sulfonamides is 1. The fraction of sp³-hybridized carbons (Fsp3) is 0.0833. The highest BCUT2D eigenvalue weighted by molar-refractivity contribution is 7.89. The first-order chi connectivity index (χ1) is 15.4. The number of pyridine rings is 1. The van der Waals surface area contributed by atoms with Crippen LogP contribution in [0.4, 0.5) is 10.1 Å². The minimum absolute atomic E-state index is 0.0211. The number of fused-ring (bicyclic) bond motifs is 1. The lowest BCUT2D eigenvalue weighted by molar-refractivity contribution is -0.117. The van der Waals surface area contributed by atoms with Crippen molar-refractivity contribution in [1.82, 2.24) is 9.71 Å². The molecule has 0 saturated heterocycles. The number of amides is 1. The van der Waals surface area contributed by atoms with Crippen molar-refractivity contribution < 1.29 is 17.6 Å². The Morgan fingerprint density at radius 1 is 0.938 bits per heavy atom. The molecule has 0 saturated carbocycles. The first-order valence-electron chi connectivity index (χ1n) is 9.89. The molecule has 0 aliphatic heterocycles. The largest absolute Gasteiger partial charge is 0.325 e. The Morgan fingerprint density at radius 2 is 1.69 bits per heavy atom. The van der Waals surface area contributed by atoms with Gasteiger partial charge in [0, 0.05) is 17.3 Å². The third-order valence-corrected chi connectivity index (χ3v) is 6.38. The fourth-order valence-corrected chi connectivity index (χ4v) is 4.75. The summed E-state index contributed by atoms with van der Waals surface area (Å²) in [5.41, 5.74) is 1.32. The Labute approximate surface area is 185 Å². The third kappa shape index (κ3) is 4.99. The normalized spacial score (nSPS) is 12.4. The van der Waals surface area contributed by atoms with E-state index in [-0.39, 0.29) is 17.0 Å². The summed E-state index contributed by atoms with van der Waals surface area (Å²) in [5.74, 6) is -1.11. The van der Waals surface area contributed by atoms with Crippen molar-refractivity contribution in [2.75, 3.05) is 5.32 Å². The van der Waals surface area contributed by atoms with Crippen molar-refractivity contribution in [1.29, 1.82) is 0 Å². The van der Waals surface area contributed by atoms with Gasteiger partial charge >= 0.3 is 0 Å². The van der Waals surface area contributed by atoms with Gasteiger partial charge in [0.25, 0.3) is 0 Å². The van der Waals surface area contributed by atoms with E-state index in [4.69, 9.17) is 0 Å². The van der Waals surface area contributed by atoms with E-state index < -0.39 is 27.8 Å². The van der Waals surface area contributed by atoms with E-state index in [0.717, 1.165) is 5.56 Å². The van der Waals surface area contributed by atoms with Gasteiger partial charge in [0.15, 0.2) is 0 Å². The van der Waals surface area contributed by atoms with Crippen LogP contribution in [0.15, 0.2) is 96.0 Å². The number of benzene rings is 3. The molecule has 2 N–H and O–H groups in total. The molecule has 1 atom stereocenters. The van der Waals surface area contributed by atoms with Crippen LogP contribution < -0.4 is 10.0 Å². The fourth-order valence-electron chi connectivity index (χ4n) is 3.38. The first-order valence-corrected chi connectivity index (χ1v) is 11.4. The first kappa shape index (κ1) is 21.6. The number of nitrogens with zero attached hydrogens (tertiary/aromatic N) is 1. The second-order valence-electron chi connectivity index (χ2n) is 7.19. The average Bonchev–Trinajstić information content (AvgIpc) is 2.79. The highest BCUT2D eigenvalue weighted by atomic mass is 32.2. The number of rotatable bonds is 7. The number of hydrogen-bond donors (Lipinski definition) is 2. The monoisotopic (exact) mass is 449 g/mol. The van der Waals surface area contributed by atoms with Crippen LogP contribution in [0.5, 0.6) is 0 Å². The summed E-state index contributed by atoms with van der Waals surface area (Å²) in [7, 11) is -4.10. The van der Waals surface area contributed by atoms with Crippen molar-refractivity contribution >= 4 is 32.5 Å². The predicted octanol–water partition coefficient (Wildman–Crippen LogP) is 3.90. The molecule has 0 radical (unpaired) electrons. The van der Waals surface area contributed by atoms with E-state index in [2.05, 4.69) is 15.0 Å². The highest BCUT2D eigenvalue weighted by Crippen LogP contribution is 2.21. The molecular formula is C24H20FN3O3S. The summed E-state index contributed by atoms with van der Waals surface area (Å²) < 4.78 is 42.6. The highest BCUT2D eigenvalue weighted by Gasteiger charge is 2.28. The minimum atomic E-state index is -4.10. The predicted molar refractivity (Wildman–Crippen MR) is 121 cm³/mol. The average molecular weight is 450 g/mol. The molecule has 4 aromatic rings. The number of carbonyl (C=O) groups excluding carboxylic acids is 1. The van der Waals surface area contributed by atoms with E-state index in [0.29, 0.717) is 10.9 Å². The smallest absolute Gasteiger partial charge is 0.243 e. The number of para-hydroxylation sites is 1. The summed E-state index contributed by atoms with van der Waals surface area (Å²) in [6.45, 7) is 0. The van der Waals surface area contributed by atoms with Crippen LogP contribution in [0.2, 0.25) is 0 Å². The molecule has 0 aliphatic rings. The van der Waals surface area contributed by atoms with Gasteiger partial charge < -0.3 is 5.32 Å². The number of nitrogens with one attached hydrogen (secondary N) is 2. The van der Waals surface area contributed by atoms with Crippen LogP contribution in [-0.2, 0) is 21.2 Å². The lowest BCUT2D eigenvalue weighted by Gasteiger charge is -2.19. The number of anilines is 1. The molecule has 3 aromatic carbocycles. The maximum atomic E-state index is 13.5. The second-order valence-corrected chi connectivity index (χ2v) is 8.88. The summed E-state index contributed by atoms with van der Waals surface area (Å²) in [6, 6.07) is 21.6. The summed E-state index contributed by atoms with van der Waals surface area (Å²) in [5, 5.41) is 3.26.